The first-order chi connectivity index (χ1) is 12.1. The van der Waals surface area contributed by atoms with E-state index in [1.165, 1.54) is 11.0 Å². The third kappa shape index (κ3) is 4.74. The van der Waals surface area contributed by atoms with Crippen molar-refractivity contribution in [3.63, 3.8) is 0 Å². The zero-order valence-electron chi connectivity index (χ0n) is 13.3. The Morgan fingerprint density at radius 3 is 2.76 bits per heavy atom. The van der Waals surface area contributed by atoms with Crippen molar-refractivity contribution in [1.29, 1.82) is 0 Å². The minimum Gasteiger partial charge on any atom is -0.386 e. The zero-order valence-corrected chi connectivity index (χ0v) is 14.9. The van der Waals surface area contributed by atoms with Gasteiger partial charge in [-0.05, 0) is 23.3 Å². The van der Waals surface area contributed by atoms with Gasteiger partial charge in [0.05, 0.1) is 12.6 Å². The highest BCUT2D eigenvalue weighted by Crippen LogP contribution is 2.14. The van der Waals surface area contributed by atoms with Crippen LogP contribution < -0.4 is 5.32 Å². The number of amides is 1. The van der Waals surface area contributed by atoms with Crippen LogP contribution in [0.1, 0.15) is 27.8 Å². The lowest BCUT2D eigenvalue weighted by molar-refractivity contribution is 0.0938. The van der Waals surface area contributed by atoms with Gasteiger partial charge in [-0.25, -0.2) is 9.67 Å². The molecule has 7 heteroatoms. The number of aliphatic hydroxyl groups excluding tert-OH is 1. The molecule has 0 aliphatic carbocycles. The summed E-state index contributed by atoms with van der Waals surface area (Å²) in [7, 11) is 0. The van der Waals surface area contributed by atoms with Crippen LogP contribution in [0.3, 0.4) is 0 Å². The van der Waals surface area contributed by atoms with Crippen LogP contribution in [0.5, 0.6) is 0 Å². The van der Waals surface area contributed by atoms with Crippen LogP contribution in [0.15, 0.2) is 65.4 Å². The molecule has 3 rings (SSSR count). The molecule has 1 aromatic heterocycles. The molecular formula is C18H17BrN4O2. The fraction of sp³-hybridized carbons (Fsp3) is 0.167. The van der Waals surface area contributed by atoms with Gasteiger partial charge < -0.3 is 10.4 Å². The zero-order chi connectivity index (χ0) is 17.6. The molecule has 0 aliphatic heterocycles. The van der Waals surface area contributed by atoms with Gasteiger partial charge in [-0.1, -0.05) is 58.4 Å². The molecule has 2 N–H and O–H groups in total. The quantitative estimate of drug-likeness (QED) is 0.666. The van der Waals surface area contributed by atoms with E-state index in [0.29, 0.717) is 6.54 Å². The first-order valence-electron chi connectivity index (χ1n) is 7.77. The first-order valence-corrected chi connectivity index (χ1v) is 8.56. The summed E-state index contributed by atoms with van der Waals surface area (Å²) >= 11 is 3.40. The Hall–Kier alpha value is -2.51. The fourth-order valence-electron chi connectivity index (χ4n) is 2.35. The minimum atomic E-state index is -0.708. The van der Waals surface area contributed by atoms with Crippen molar-refractivity contribution < 1.29 is 9.90 Å². The summed E-state index contributed by atoms with van der Waals surface area (Å²) in [5.74, 6) is -0.275. The summed E-state index contributed by atoms with van der Waals surface area (Å²) in [6.07, 6.45) is 0.737. The number of nitrogens with zero attached hydrogens (tertiary/aromatic N) is 3. The number of hydrogen-bond donors (Lipinski definition) is 2. The third-order valence-corrected chi connectivity index (χ3v) is 4.12. The standard InChI is InChI=1S/C18H17BrN4O2/c19-15-8-4-5-13(9-15)10-20-18(25)17-21-12-23(22-17)11-16(24)14-6-2-1-3-7-14/h1-9,12,16,24H,10-11H2,(H,20,25)/t16-/m0/s1. The van der Waals surface area contributed by atoms with E-state index >= 15 is 0 Å². The van der Waals surface area contributed by atoms with Crippen LogP contribution in [0, 0.1) is 0 Å². The highest BCUT2D eigenvalue weighted by molar-refractivity contribution is 9.10. The predicted octanol–water partition coefficient (Wildman–Crippen LogP) is 2.70. The van der Waals surface area contributed by atoms with E-state index in [1.807, 2.05) is 54.6 Å². The number of aliphatic hydroxyl groups is 1. The van der Waals surface area contributed by atoms with E-state index in [2.05, 4.69) is 31.3 Å². The van der Waals surface area contributed by atoms with Gasteiger partial charge in [0.25, 0.3) is 5.91 Å². The monoisotopic (exact) mass is 400 g/mol. The highest BCUT2D eigenvalue weighted by atomic mass is 79.9. The first kappa shape index (κ1) is 17.3. The molecule has 0 saturated heterocycles. The third-order valence-electron chi connectivity index (χ3n) is 3.63. The topological polar surface area (TPSA) is 80.0 Å². The Morgan fingerprint density at radius 2 is 2.00 bits per heavy atom. The summed E-state index contributed by atoms with van der Waals surface area (Å²) < 4.78 is 2.42. The van der Waals surface area contributed by atoms with Crippen LogP contribution >= 0.6 is 15.9 Å². The largest absolute Gasteiger partial charge is 0.386 e. The van der Waals surface area contributed by atoms with Gasteiger partial charge in [-0.15, -0.1) is 5.10 Å². The molecule has 0 bridgehead atoms. The Kier molecular flexibility index (Phi) is 5.57. The molecule has 128 valence electrons. The van der Waals surface area contributed by atoms with Crippen molar-refractivity contribution in [1.82, 2.24) is 20.1 Å². The normalized spacial score (nSPS) is 11.9. The molecule has 3 aromatic rings. The SMILES string of the molecule is O=C(NCc1cccc(Br)c1)c1ncn(C[C@H](O)c2ccccc2)n1. The maximum atomic E-state index is 12.1. The number of rotatable bonds is 6. The van der Waals surface area contributed by atoms with Gasteiger partial charge in [0, 0.05) is 11.0 Å². The minimum absolute atomic E-state index is 0.0789. The molecule has 1 heterocycles. The molecule has 0 spiro atoms. The van der Waals surface area contributed by atoms with E-state index in [-0.39, 0.29) is 18.3 Å². The molecule has 0 radical (unpaired) electrons. The van der Waals surface area contributed by atoms with Crippen molar-refractivity contribution in [3.05, 3.63) is 82.3 Å². The summed E-state index contributed by atoms with van der Waals surface area (Å²) in [6, 6.07) is 17.0. The molecule has 6 nitrogen and oxygen atoms in total. The number of hydrogen-bond acceptors (Lipinski definition) is 4. The Morgan fingerprint density at radius 1 is 1.20 bits per heavy atom. The van der Waals surface area contributed by atoms with Crippen LogP contribution in [0.4, 0.5) is 0 Å². The molecule has 25 heavy (non-hydrogen) atoms. The van der Waals surface area contributed by atoms with E-state index in [1.54, 1.807) is 0 Å². The maximum Gasteiger partial charge on any atom is 0.291 e. The lowest BCUT2D eigenvalue weighted by Gasteiger charge is -2.10. The molecule has 0 unspecified atom stereocenters. The number of nitrogens with one attached hydrogen (secondary N) is 1. The molecule has 0 aliphatic rings. The Labute approximate surface area is 153 Å². The second kappa shape index (κ2) is 8.04. The van der Waals surface area contributed by atoms with E-state index in [0.717, 1.165) is 15.6 Å². The summed E-state index contributed by atoms with van der Waals surface area (Å²) in [4.78, 5) is 16.2. The van der Waals surface area contributed by atoms with Crippen LogP contribution in [-0.4, -0.2) is 25.8 Å². The number of benzene rings is 2. The summed E-state index contributed by atoms with van der Waals surface area (Å²) in [5, 5.41) is 17.1. The van der Waals surface area contributed by atoms with Gasteiger partial charge >= 0.3 is 0 Å². The number of aromatic nitrogens is 3. The van der Waals surface area contributed by atoms with E-state index < -0.39 is 6.10 Å². The predicted molar refractivity (Wildman–Crippen MR) is 96.7 cm³/mol. The molecule has 0 fully saturated rings. The lowest BCUT2D eigenvalue weighted by atomic mass is 10.1. The van der Waals surface area contributed by atoms with Crippen molar-refractivity contribution >= 4 is 21.8 Å². The lowest BCUT2D eigenvalue weighted by Crippen LogP contribution is -2.24. The number of halogens is 1. The van der Waals surface area contributed by atoms with Crippen molar-refractivity contribution in [2.24, 2.45) is 0 Å². The van der Waals surface area contributed by atoms with Gasteiger partial charge in [0.2, 0.25) is 5.82 Å². The maximum absolute atomic E-state index is 12.1. The molecule has 2 aromatic carbocycles. The second-order valence-corrected chi connectivity index (χ2v) is 6.44. The van der Waals surface area contributed by atoms with Gasteiger partial charge in [0.15, 0.2) is 0 Å². The number of carbonyl (C=O) groups is 1. The molecule has 0 saturated carbocycles. The van der Waals surface area contributed by atoms with Crippen LogP contribution in [-0.2, 0) is 13.1 Å². The molecular weight excluding hydrogens is 384 g/mol. The average Bonchev–Trinajstić information content (AvgIpc) is 3.09. The Bertz CT molecular complexity index is 851. The smallest absolute Gasteiger partial charge is 0.291 e. The molecule has 1 amide bonds. The summed E-state index contributed by atoms with van der Waals surface area (Å²) in [6.45, 7) is 0.620. The average molecular weight is 401 g/mol. The van der Waals surface area contributed by atoms with Crippen LogP contribution in [0.2, 0.25) is 0 Å². The van der Waals surface area contributed by atoms with Crippen molar-refractivity contribution in [2.45, 2.75) is 19.2 Å². The van der Waals surface area contributed by atoms with Crippen molar-refractivity contribution in [2.75, 3.05) is 0 Å². The van der Waals surface area contributed by atoms with E-state index in [4.69, 9.17) is 0 Å². The van der Waals surface area contributed by atoms with Gasteiger partial charge in [0.1, 0.15) is 6.33 Å². The highest BCUT2D eigenvalue weighted by Gasteiger charge is 2.14. The van der Waals surface area contributed by atoms with Gasteiger partial charge in [-0.2, -0.15) is 0 Å². The van der Waals surface area contributed by atoms with E-state index in [9.17, 15) is 9.90 Å². The van der Waals surface area contributed by atoms with Crippen molar-refractivity contribution in [3.8, 4) is 0 Å². The molecule has 1 atom stereocenters. The Balaban J connectivity index is 1.58. The summed E-state index contributed by atoms with van der Waals surface area (Å²) in [5.41, 5.74) is 1.76. The van der Waals surface area contributed by atoms with Crippen LogP contribution in [0.25, 0.3) is 0 Å². The fourth-order valence-corrected chi connectivity index (χ4v) is 2.80. The second-order valence-electron chi connectivity index (χ2n) is 5.53. The number of carbonyl (C=O) groups excluding carboxylic acids is 1. The van der Waals surface area contributed by atoms with Gasteiger partial charge in [-0.3, -0.25) is 4.79 Å².